The molecule has 240 valence electrons. The van der Waals surface area contributed by atoms with Gasteiger partial charge in [-0.05, 0) is 121 Å². The van der Waals surface area contributed by atoms with Gasteiger partial charge in [-0.1, -0.05) is 119 Å². The largest absolute Gasteiger partial charge is 0.310 e. The molecule has 9 rings (SSSR count). The van der Waals surface area contributed by atoms with Crippen molar-refractivity contribution in [2.75, 3.05) is 9.80 Å². The quantitative estimate of drug-likeness (QED) is 0.132. The van der Waals surface area contributed by atoms with E-state index in [1.165, 1.54) is 65.3 Å². The third kappa shape index (κ3) is 4.87. The molecule has 0 N–H and O–H groups in total. The van der Waals surface area contributed by atoms with Gasteiger partial charge in [0.1, 0.15) is 0 Å². The Bertz CT molecular complexity index is 2380. The molecule has 0 bridgehead atoms. The van der Waals surface area contributed by atoms with Crippen LogP contribution in [0.25, 0.3) is 43.1 Å². The molecule has 0 aliphatic carbocycles. The number of hydrogen-bond acceptors (Lipinski definition) is 2. The molecule has 0 aromatic heterocycles. The minimum Gasteiger partial charge on any atom is -0.310 e. The van der Waals surface area contributed by atoms with E-state index in [4.69, 9.17) is 0 Å². The lowest BCUT2D eigenvalue weighted by molar-refractivity contribution is 1.26. The standard InChI is InChI=1S/C48H38N2/c1-31-11-19-36(20-12-31)49(37-21-13-32(2)14-22-37)44-29-27-42-40-9-5-7-35-8-6-10-41(46(35)40)43-28-30-45(48(44)47(42)43)50(38-23-15-33(3)16-24-38)39-25-17-34(4)18-26-39/h5-30H,1-4H3. The van der Waals surface area contributed by atoms with Crippen LogP contribution in [-0.2, 0) is 0 Å². The summed E-state index contributed by atoms with van der Waals surface area (Å²) in [5, 5.41) is 10.2. The van der Waals surface area contributed by atoms with E-state index < -0.39 is 0 Å². The Morgan fingerprint density at radius 1 is 0.280 bits per heavy atom. The van der Waals surface area contributed by atoms with Crippen molar-refractivity contribution in [3.63, 3.8) is 0 Å². The van der Waals surface area contributed by atoms with Gasteiger partial charge in [0.05, 0.1) is 11.4 Å². The summed E-state index contributed by atoms with van der Waals surface area (Å²) in [5.41, 5.74) is 11.8. The fraction of sp³-hybridized carbons (Fsp3) is 0.0833. The lowest BCUT2D eigenvalue weighted by Gasteiger charge is -2.32. The van der Waals surface area contributed by atoms with Crippen molar-refractivity contribution in [2.24, 2.45) is 0 Å². The number of benzene rings is 9. The highest BCUT2D eigenvalue weighted by Crippen LogP contribution is 2.51. The molecular formula is C48H38N2. The van der Waals surface area contributed by atoms with Crippen LogP contribution in [0.1, 0.15) is 22.3 Å². The van der Waals surface area contributed by atoms with Crippen LogP contribution in [0.5, 0.6) is 0 Å². The van der Waals surface area contributed by atoms with Crippen molar-refractivity contribution < 1.29 is 0 Å². The van der Waals surface area contributed by atoms with Gasteiger partial charge in [0.2, 0.25) is 0 Å². The van der Waals surface area contributed by atoms with Gasteiger partial charge in [-0.25, -0.2) is 0 Å². The van der Waals surface area contributed by atoms with Gasteiger partial charge in [0.25, 0.3) is 0 Å². The molecule has 9 aromatic carbocycles. The Balaban J connectivity index is 1.47. The predicted molar refractivity (Wildman–Crippen MR) is 216 cm³/mol. The molecule has 2 heteroatoms. The maximum Gasteiger partial charge on any atom is 0.0561 e. The highest BCUT2D eigenvalue weighted by molar-refractivity contribution is 6.36. The Labute approximate surface area is 293 Å². The van der Waals surface area contributed by atoms with E-state index in [1.54, 1.807) is 0 Å². The van der Waals surface area contributed by atoms with Crippen LogP contribution in [-0.4, -0.2) is 0 Å². The van der Waals surface area contributed by atoms with E-state index in [1.807, 2.05) is 0 Å². The summed E-state index contributed by atoms with van der Waals surface area (Å²) >= 11 is 0. The van der Waals surface area contributed by atoms with Crippen LogP contribution < -0.4 is 9.80 Å². The summed E-state index contributed by atoms with van der Waals surface area (Å²) in [6.07, 6.45) is 0. The SMILES string of the molecule is Cc1ccc(N(c2ccc(C)cc2)c2ccc3c4cccc5cccc(c6ccc(N(c7ccc(C)cc7)c7ccc(C)cc7)c2c36)c54)cc1. The van der Waals surface area contributed by atoms with Crippen LogP contribution >= 0.6 is 0 Å². The Morgan fingerprint density at radius 2 is 0.600 bits per heavy atom. The predicted octanol–water partition coefficient (Wildman–Crippen LogP) is 13.9. The molecule has 50 heavy (non-hydrogen) atoms. The first-order valence-electron chi connectivity index (χ1n) is 17.4. The molecule has 0 aliphatic rings. The number of aryl methyl sites for hydroxylation is 4. The van der Waals surface area contributed by atoms with Gasteiger partial charge in [-0.15, -0.1) is 0 Å². The lowest BCUT2D eigenvalue weighted by Crippen LogP contribution is -2.14. The first kappa shape index (κ1) is 30.0. The van der Waals surface area contributed by atoms with E-state index in [-0.39, 0.29) is 0 Å². The molecule has 0 fully saturated rings. The summed E-state index contributed by atoms with van der Waals surface area (Å²) in [6, 6.07) is 58.6. The van der Waals surface area contributed by atoms with E-state index in [9.17, 15) is 0 Å². The third-order valence-electron chi connectivity index (χ3n) is 10.3. The molecular weight excluding hydrogens is 605 g/mol. The van der Waals surface area contributed by atoms with Gasteiger partial charge in [-0.3, -0.25) is 0 Å². The zero-order valence-corrected chi connectivity index (χ0v) is 28.9. The first-order valence-corrected chi connectivity index (χ1v) is 17.4. The maximum absolute atomic E-state index is 2.44. The molecule has 0 amide bonds. The number of nitrogens with zero attached hydrogens (tertiary/aromatic N) is 2. The number of fused-ring (bicyclic) bond motifs is 2. The summed E-state index contributed by atoms with van der Waals surface area (Å²) < 4.78 is 0. The fourth-order valence-electron chi connectivity index (χ4n) is 7.70. The number of rotatable bonds is 6. The molecule has 0 saturated carbocycles. The minimum absolute atomic E-state index is 1.13. The smallest absolute Gasteiger partial charge is 0.0561 e. The minimum atomic E-state index is 1.13. The van der Waals surface area contributed by atoms with Gasteiger partial charge in [0.15, 0.2) is 0 Å². The monoisotopic (exact) mass is 642 g/mol. The summed E-state index contributed by atoms with van der Waals surface area (Å²) in [6.45, 7) is 8.61. The maximum atomic E-state index is 2.44. The molecule has 0 unspecified atom stereocenters. The van der Waals surface area contributed by atoms with Gasteiger partial charge in [-0.2, -0.15) is 0 Å². The molecule has 2 nitrogen and oxygen atoms in total. The van der Waals surface area contributed by atoms with Gasteiger partial charge in [0, 0.05) is 33.5 Å². The van der Waals surface area contributed by atoms with Crippen molar-refractivity contribution in [3.8, 4) is 0 Å². The Kier molecular flexibility index (Phi) is 7.07. The normalized spacial score (nSPS) is 11.6. The van der Waals surface area contributed by atoms with Crippen molar-refractivity contribution in [2.45, 2.75) is 27.7 Å². The third-order valence-corrected chi connectivity index (χ3v) is 10.3. The number of hydrogen-bond donors (Lipinski definition) is 0. The fourth-order valence-corrected chi connectivity index (χ4v) is 7.70. The zero-order valence-electron chi connectivity index (χ0n) is 28.9. The van der Waals surface area contributed by atoms with E-state index in [2.05, 4.69) is 195 Å². The summed E-state index contributed by atoms with van der Waals surface area (Å²) in [4.78, 5) is 4.88. The second-order valence-electron chi connectivity index (χ2n) is 13.7. The number of anilines is 6. The van der Waals surface area contributed by atoms with Crippen LogP contribution in [0.3, 0.4) is 0 Å². The lowest BCUT2D eigenvalue weighted by atomic mass is 9.88. The van der Waals surface area contributed by atoms with Crippen LogP contribution in [0, 0.1) is 27.7 Å². The summed E-state index contributed by atoms with van der Waals surface area (Å²) in [7, 11) is 0. The molecule has 9 aromatic rings. The van der Waals surface area contributed by atoms with Gasteiger partial charge < -0.3 is 9.80 Å². The van der Waals surface area contributed by atoms with E-state index >= 15 is 0 Å². The van der Waals surface area contributed by atoms with E-state index in [0.29, 0.717) is 0 Å². The highest BCUT2D eigenvalue weighted by Gasteiger charge is 2.25. The van der Waals surface area contributed by atoms with E-state index in [0.717, 1.165) is 34.1 Å². The zero-order chi connectivity index (χ0) is 33.9. The Morgan fingerprint density at radius 3 is 0.940 bits per heavy atom. The van der Waals surface area contributed by atoms with Crippen molar-refractivity contribution in [1.29, 1.82) is 0 Å². The highest BCUT2D eigenvalue weighted by atomic mass is 15.2. The Hall–Kier alpha value is -6.12. The van der Waals surface area contributed by atoms with Crippen LogP contribution in [0.2, 0.25) is 0 Å². The second-order valence-corrected chi connectivity index (χ2v) is 13.7. The molecule has 0 heterocycles. The van der Waals surface area contributed by atoms with Crippen molar-refractivity contribution >= 4 is 77.2 Å². The molecule has 0 atom stereocenters. The topological polar surface area (TPSA) is 6.48 Å². The average Bonchev–Trinajstić information content (AvgIpc) is 3.14. The average molecular weight is 643 g/mol. The molecule has 0 radical (unpaired) electrons. The van der Waals surface area contributed by atoms with Crippen molar-refractivity contribution in [3.05, 3.63) is 180 Å². The second kappa shape index (κ2) is 11.8. The van der Waals surface area contributed by atoms with Crippen LogP contribution in [0.4, 0.5) is 34.1 Å². The molecule has 0 saturated heterocycles. The summed E-state index contributed by atoms with van der Waals surface area (Å²) in [5.74, 6) is 0. The van der Waals surface area contributed by atoms with Crippen LogP contribution in [0.15, 0.2) is 158 Å². The first-order chi connectivity index (χ1) is 24.4. The van der Waals surface area contributed by atoms with Crippen molar-refractivity contribution in [1.82, 2.24) is 0 Å². The van der Waals surface area contributed by atoms with Gasteiger partial charge >= 0.3 is 0 Å². The molecule has 0 spiro atoms. The molecule has 0 aliphatic heterocycles.